The molecule has 0 amide bonds. The number of nitrogens with zero attached hydrogens (tertiary/aromatic N) is 3. The van der Waals surface area contributed by atoms with Gasteiger partial charge in [0.2, 0.25) is 11.8 Å². The summed E-state index contributed by atoms with van der Waals surface area (Å²) in [6, 6.07) is 0. The molecular formula is C12H21N5O2. The van der Waals surface area contributed by atoms with E-state index in [1.807, 2.05) is 0 Å². The van der Waals surface area contributed by atoms with Crippen LogP contribution in [-0.4, -0.2) is 21.4 Å². The van der Waals surface area contributed by atoms with E-state index < -0.39 is 4.92 Å². The van der Waals surface area contributed by atoms with Crippen LogP contribution in [-0.2, 0) is 0 Å². The Hall–Kier alpha value is -1.92. The fourth-order valence-electron chi connectivity index (χ4n) is 2.11. The van der Waals surface area contributed by atoms with Crippen LogP contribution in [0, 0.1) is 27.9 Å². The molecule has 1 heterocycles. The topological polar surface area (TPSA) is 107 Å². The first-order chi connectivity index (χ1) is 8.82. The van der Waals surface area contributed by atoms with Gasteiger partial charge in [0.25, 0.3) is 0 Å². The van der Waals surface area contributed by atoms with E-state index >= 15 is 0 Å². The average molecular weight is 267 g/mol. The second-order valence-corrected chi connectivity index (χ2v) is 5.25. The first kappa shape index (κ1) is 15.1. The number of nitrogens with two attached hydrogens (primary N) is 1. The third-order valence-electron chi connectivity index (χ3n) is 3.20. The molecule has 0 aliphatic rings. The number of rotatable bonds is 6. The number of anilines is 2. The van der Waals surface area contributed by atoms with Crippen molar-refractivity contribution in [2.24, 2.45) is 17.8 Å². The predicted octanol–water partition coefficient (Wildman–Crippen LogP) is 2.31. The summed E-state index contributed by atoms with van der Waals surface area (Å²) in [5, 5.41) is 13.9. The molecule has 0 aliphatic carbocycles. The van der Waals surface area contributed by atoms with Crippen LogP contribution >= 0.6 is 0 Å². The van der Waals surface area contributed by atoms with Crippen LogP contribution in [0.5, 0.6) is 0 Å². The molecule has 7 heteroatoms. The van der Waals surface area contributed by atoms with Gasteiger partial charge in [-0.15, -0.1) is 0 Å². The molecule has 0 saturated heterocycles. The summed E-state index contributed by atoms with van der Waals surface area (Å²) in [6.45, 7) is 9.15. The molecule has 0 fully saturated rings. The molecule has 1 aromatic heterocycles. The normalized spacial score (nSPS) is 11.3. The largest absolute Gasteiger partial charge is 0.368 e. The second-order valence-electron chi connectivity index (χ2n) is 5.25. The molecule has 0 aliphatic heterocycles. The maximum absolute atomic E-state index is 10.9. The van der Waals surface area contributed by atoms with Crippen LogP contribution in [0.4, 0.5) is 17.5 Å². The molecule has 0 radical (unpaired) electrons. The van der Waals surface area contributed by atoms with Gasteiger partial charge in [-0.2, -0.15) is 4.98 Å². The van der Waals surface area contributed by atoms with Crippen LogP contribution in [0.15, 0.2) is 6.20 Å². The van der Waals surface area contributed by atoms with Crippen LogP contribution in [0.2, 0.25) is 0 Å². The lowest BCUT2D eigenvalue weighted by atomic mass is 9.85. The Balaban J connectivity index is 2.87. The van der Waals surface area contributed by atoms with Crippen molar-refractivity contribution in [1.29, 1.82) is 0 Å². The van der Waals surface area contributed by atoms with E-state index in [2.05, 4.69) is 43.0 Å². The molecule has 0 spiro atoms. The lowest BCUT2D eigenvalue weighted by Crippen LogP contribution is -2.25. The standard InChI is InChI=1S/C12H21N5O2/c1-7(2)9(8(3)4)5-14-11-10(17(18)19)6-15-12(13)16-11/h6-9H,5H2,1-4H3,(H3,13,14,15,16). The molecule has 0 bridgehead atoms. The smallest absolute Gasteiger partial charge is 0.329 e. The van der Waals surface area contributed by atoms with E-state index in [9.17, 15) is 10.1 Å². The van der Waals surface area contributed by atoms with E-state index in [1.54, 1.807) is 0 Å². The zero-order valence-corrected chi connectivity index (χ0v) is 11.8. The molecule has 0 atom stereocenters. The van der Waals surface area contributed by atoms with Crippen molar-refractivity contribution >= 4 is 17.5 Å². The van der Waals surface area contributed by atoms with E-state index in [-0.39, 0.29) is 17.5 Å². The van der Waals surface area contributed by atoms with Crippen molar-refractivity contribution in [1.82, 2.24) is 9.97 Å². The van der Waals surface area contributed by atoms with Crippen molar-refractivity contribution in [2.75, 3.05) is 17.6 Å². The molecular weight excluding hydrogens is 246 g/mol. The number of nitro groups is 1. The second kappa shape index (κ2) is 6.31. The maximum Gasteiger partial charge on any atom is 0.329 e. The Morgan fingerprint density at radius 2 is 1.95 bits per heavy atom. The van der Waals surface area contributed by atoms with Gasteiger partial charge in [-0.05, 0) is 17.8 Å². The van der Waals surface area contributed by atoms with Gasteiger partial charge in [-0.25, -0.2) is 4.98 Å². The number of nitrogen functional groups attached to an aromatic ring is 1. The van der Waals surface area contributed by atoms with E-state index in [4.69, 9.17) is 5.73 Å². The van der Waals surface area contributed by atoms with Crippen molar-refractivity contribution in [3.05, 3.63) is 16.3 Å². The molecule has 0 aromatic carbocycles. The number of hydrogen-bond donors (Lipinski definition) is 2. The Morgan fingerprint density at radius 3 is 2.42 bits per heavy atom. The summed E-state index contributed by atoms with van der Waals surface area (Å²) in [5.41, 5.74) is 5.32. The van der Waals surface area contributed by atoms with Crippen LogP contribution in [0.1, 0.15) is 27.7 Å². The highest BCUT2D eigenvalue weighted by Gasteiger charge is 2.21. The van der Waals surface area contributed by atoms with E-state index in [1.165, 1.54) is 0 Å². The van der Waals surface area contributed by atoms with Gasteiger partial charge in [0.15, 0.2) is 0 Å². The van der Waals surface area contributed by atoms with Crippen molar-refractivity contribution in [2.45, 2.75) is 27.7 Å². The lowest BCUT2D eigenvalue weighted by molar-refractivity contribution is -0.384. The number of nitrogens with one attached hydrogen (secondary N) is 1. The third kappa shape index (κ3) is 4.04. The number of hydrogen-bond acceptors (Lipinski definition) is 6. The van der Waals surface area contributed by atoms with Crippen molar-refractivity contribution < 1.29 is 4.92 Å². The zero-order valence-electron chi connectivity index (χ0n) is 11.8. The first-order valence-corrected chi connectivity index (χ1v) is 6.33. The fraction of sp³-hybridized carbons (Fsp3) is 0.667. The quantitative estimate of drug-likeness (QED) is 0.605. The molecule has 0 unspecified atom stereocenters. The molecule has 1 rings (SSSR count). The maximum atomic E-state index is 10.9. The lowest BCUT2D eigenvalue weighted by Gasteiger charge is -2.25. The Morgan fingerprint density at radius 1 is 1.37 bits per heavy atom. The molecule has 3 N–H and O–H groups in total. The van der Waals surface area contributed by atoms with E-state index in [0.717, 1.165) is 6.20 Å². The minimum absolute atomic E-state index is 0.0266. The van der Waals surface area contributed by atoms with Gasteiger partial charge in [0.1, 0.15) is 6.20 Å². The summed E-state index contributed by atoms with van der Waals surface area (Å²) in [5.74, 6) is 1.56. The molecule has 106 valence electrons. The monoisotopic (exact) mass is 267 g/mol. The minimum atomic E-state index is -0.512. The Kier molecular flexibility index (Phi) is 5.02. The van der Waals surface area contributed by atoms with Crippen LogP contribution in [0.3, 0.4) is 0 Å². The highest BCUT2D eigenvalue weighted by molar-refractivity contribution is 5.56. The number of aromatic nitrogens is 2. The molecule has 0 saturated carbocycles. The molecule has 1 aromatic rings. The van der Waals surface area contributed by atoms with E-state index in [0.29, 0.717) is 24.3 Å². The summed E-state index contributed by atoms with van der Waals surface area (Å²) >= 11 is 0. The predicted molar refractivity (Wildman–Crippen MR) is 74.8 cm³/mol. The average Bonchev–Trinajstić information content (AvgIpc) is 2.27. The zero-order chi connectivity index (χ0) is 14.6. The molecule has 19 heavy (non-hydrogen) atoms. The summed E-state index contributed by atoms with van der Waals surface area (Å²) < 4.78 is 0. The highest BCUT2D eigenvalue weighted by atomic mass is 16.6. The van der Waals surface area contributed by atoms with Gasteiger partial charge in [0.05, 0.1) is 4.92 Å². The summed E-state index contributed by atoms with van der Waals surface area (Å²) in [4.78, 5) is 17.9. The van der Waals surface area contributed by atoms with Gasteiger partial charge in [-0.3, -0.25) is 10.1 Å². The SMILES string of the molecule is CC(C)C(CNc1nc(N)ncc1[N+](=O)[O-])C(C)C. The van der Waals surface area contributed by atoms with Crippen molar-refractivity contribution in [3.63, 3.8) is 0 Å². The van der Waals surface area contributed by atoms with Gasteiger partial charge >= 0.3 is 5.69 Å². The van der Waals surface area contributed by atoms with Gasteiger partial charge in [0, 0.05) is 6.54 Å². The Labute approximate surface area is 112 Å². The Bertz CT molecular complexity index is 440. The van der Waals surface area contributed by atoms with Crippen molar-refractivity contribution in [3.8, 4) is 0 Å². The summed E-state index contributed by atoms with van der Waals surface area (Å²) in [6.07, 6.45) is 1.13. The van der Waals surface area contributed by atoms with Crippen LogP contribution < -0.4 is 11.1 Å². The summed E-state index contributed by atoms with van der Waals surface area (Å²) in [7, 11) is 0. The third-order valence-corrected chi connectivity index (χ3v) is 3.20. The van der Waals surface area contributed by atoms with Gasteiger partial charge < -0.3 is 11.1 Å². The minimum Gasteiger partial charge on any atom is -0.368 e. The van der Waals surface area contributed by atoms with Gasteiger partial charge in [-0.1, -0.05) is 27.7 Å². The molecule has 7 nitrogen and oxygen atoms in total. The van der Waals surface area contributed by atoms with Crippen LogP contribution in [0.25, 0.3) is 0 Å². The highest BCUT2D eigenvalue weighted by Crippen LogP contribution is 2.25. The first-order valence-electron chi connectivity index (χ1n) is 6.33. The fourth-order valence-corrected chi connectivity index (χ4v) is 2.11.